The second-order valence-electron chi connectivity index (χ2n) is 6.22. The minimum absolute atomic E-state index is 0. The molecule has 0 saturated carbocycles. The molecule has 0 N–H and O–H groups in total. The molecular weight excluding hydrogens is 430 g/mol. The molecule has 125 valence electrons. The molecule has 1 aliphatic carbocycles. The van der Waals surface area contributed by atoms with Crippen molar-refractivity contribution in [2.24, 2.45) is 0 Å². The van der Waals surface area contributed by atoms with E-state index in [4.69, 9.17) is 0 Å². The van der Waals surface area contributed by atoms with Crippen molar-refractivity contribution < 1.29 is 47.2 Å². The topological polar surface area (TPSA) is 0 Å². The Hall–Kier alpha value is -0.140. The van der Waals surface area contributed by atoms with E-state index in [1.54, 1.807) is 11.1 Å². The number of allylic oxidation sites excluding steroid dienone is 1. The van der Waals surface area contributed by atoms with E-state index in [2.05, 4.69) is 74.6 Å². The fourth-order valence-corrected chi connectivity index (χ4v) is 12.2. The Labute approximate surface area is 171 Å². The number of rotatable bonds is 5. The van der Waals surface area contributed by atoms with Crippen molar-refractivity contribution in [3.8, 4) is 11.1 Å². The van der Waals surface area contributed by atoms with Crippen molar-refractivity contribution in [1.82, 2.24) is 0 Å². The van der Waals surface area contributed by atoms with Crippen LogP contribution in [0.1, 0.15) is 34.5 Å². The predicted molar refractivity (Wildman–Crippen MR) is 95.0 cm³/mol. The molecule has 4 heteroatoms. The quantitative estimate of drug-likeness (QED) is 0.557. The molecule has 1 atom stereocenters. The van der Waals surface area contributed by atoms with Gasteiger partial charge in [-0.3, -0.25) is 0 Å². The molecule has 24 heavy (non-hydrogen) atoms. The van der Waals surface area contributed by atoms with Crippen molar-refractivity contribution in [3.05, 3.63) is 65.2 Å². The summed E-state index contributed by atoms with van der Waals surface area (Å²) in [6, 6.07) is 17.8. The zero-order valence-electron chi connectivity index (χ0n) is 14.4. The van der Waals surface area contributed by atoms with Gasteiger partial charge in [0.15, 0.2) is 0 Å². The van der Waals surface area contributed by atoms with Crippen LogP contribution in [0.25, 0.3) is 17.2 Å². The van der Waals surface area contributed by atoms with Crippen LogP contribution in [0.4, 0.5) is 0 Å². The summed E-state index contributed by atoms with van der Waals surface area (Å²) >= 11 is -0.325. The van der Waals surface area contributed by atoms with Crippen LogP contribution in [0, 0.1) is 0 Å². The molecule has 0 heterocycles. The summed E-state index contributed by atoms with van der Waals surface area (Å²) in [5, 5.41) is 0. The van der Waals surface area contributed by atoms with Gasteiger partial charge in [0, 0.05) is 0 Å². The van der Waals surface area contributed by atoms with Gasteiger partial charge in [0.2, 0.25) is 0 Å². The van der Waals surface area contributed by atoms with E-state index >= 15 is 0 Å². The largest absolute Gasteiger partial charge is 1.00 e. The molecule has 1 aliphatic rings. The molecule has 1 unspecified atom stereocenters. The van der Waals surface area contributed by atoms with Crippen molar-refractivity contribution >= 4 is 12.0 Å². The van der Waals surface area contributed by atoms with E-state index in [1.165, 1.54) is 29.5 Å². The fourth-order valence-electron chi connectivity index (χ4n) is 3.30. The molecule has 3 rings (SSSR count). The second kappa shape index (κ2) is 10.1. The molecule has 0 bridgehead atoms. The maximum atomic E-state index is 2.54. The molecule has 2 aromatic rings. The van der Waals surface area contributed by atoms with Crippen LogP contribution in [0.15, 0.2) is 54.1 Å². The number of halogens is 2. The molecule has 1 radical (unpaired) electrons. The Balaban J connectivity index is 0.00000144. The number of hydrogen-bond acceptors (Lipinski definition) is 0. The van der Waals surface area contributed by atoms with Gasteiger partial charge >= 0.3 is 147 Å². The molecule has 0 spiro atoms. The third kappa shape index (κ3) is 4.73. The summed E-state index contributed by atoms with van der Waals surface area (Å²) < 4.78 is 0.839. The standard InChI is InChI=1S/C18H17.C2H6Si.2ClH.Zr/c1-2-7-14-12-16-10-6-11-17(18(16)13-14)15-8-4-3-5-9-15;1-3-2;;;/h3-6,8-13H,2,7H2,1H3;1-2H3;2*1H;/q;;;;+2/p-2. The van der Waals surface area contributed by atoms with Gasteiger partial charge < -0.3 is 24.8 Å². The predicted octanol–water partition coefficient (Wildman–Crippen LogP) is -0.0666. The van der Waals surface area contributed by atoms with Crippen LogP contribution in [0.2, 0.25) is 13.1 Å². The Morgan fingerprint density at radius 1 is 0.958 bits per heavy atom. The Bertz CT molecular complexity index is 683. The Morgan fingerprint density at radius 3 is 2.29 bits per heavy atom. The summed E-state index contributed by atoms with van der Waals surface area (Å²) in [4.78, 5) is 0. The van der Waals surface area contributed by atoms with E-state index in [-0.39, 0.29) is 53.1 Å². The first-order chi connectivity index (χ1) is 10.7. The number of hydrogen-bond donors (Lipinski definition) is 0. The minimum atomic E-state index is -0.325. The van der Waals surface area contributed by atoms with Crippen LogP contribution in [0.3, 0.4) is 0 Å². The van der Waals surface area contributed by atoms with Gasteiger partial charge in [0.25, 0.3) is 0 Å². The molecule has 0 nitrogen and oxygen atoms in total. The van der Waals surface area contributed by atoms with Crippen molar-refractivity contribution in [2.45, 2.75) is 36.5 Å². The first kappa shape index (κ1) is 21.9. The molecule has 0 fully saturated rings. The van der Waals surface area contributed by atoms with Crippen LogP contribution >= 0.6 is 0 Å². The average molecular weight is 454 g/mol. The zero-order valence-corrected chi connectivity index (χ0v) is 19.4. The average Bonchev–Trinajstić information content (AvgIpc) is 2.86. The molecule has 0 amide bonds. The van der Waals surface area contributed by atoms with Gasteiger partial charge in [-0.05, 0) is 0 Å². The molecule has 0 aromatic heterocycles. The molecule has 0 aliphatic heterocycles. The molecule has 2 aromatic carbocycles. The number of fused-ring (bicyclic) bond motifs is 1. The van der Waals surface area contributed by atoms with E-state index in [0.29, 0.717) is 0 Å². The van der Waals surface area contributed by atoms with Crippen LogP contribution in [-0.4, -0.2) is 5.92 Å². The van der Waals surface area contributed by atoms with Gasteiger partial charge in [-0.1, -0.05) is 0 Å². The summed E-state index contributed by atoms with van der Waals surface area (Å²) in [5.41, 5.74) is 7.68. The smallest absolute Gasteiger partial charge is 1.00 e. The maximum Gasteiger partial charge on any atom is -1.00 e. The maximum absolute atomic E-state index is 2.54. The summed E-state index contributed by atoms with van der Waals surface area (Å²) in [6.45, 7) is 7.34. The van der Waals surface area contributed by atoms with Gasteiger partial charge in [-0.25, -0.2) is 0 Å². The normalized spacial score (nSPS) is 15.0. The molecule has 0 saturated heterocycles. The van der Waals surface area contributed by atoms with Crippen LogP contribution in [-0.2, 0) is 22.4 Å². The van der Waals surface area contributed by atoms with Crippen LogP contribution < -0.4 is 24.8 Å². The minimum Gasteiger partial charge on any atom is -1.00 e. The van der Waals surface area contributed by atoms with Crippen molar-refractivity contribution in [2.75, 3.05) is 0 Å². The van der Waals surface area contributed by atoms with E-state index in [1.807, 2.05) is 0 Å². The Morgan fingerprint density at radius 2 is 1.67 bits per heavy atom. The van der Waals surface area contributed by atoms with E-state index in [9.17, 15) is 0 Å². The van der Waals surface area contributed by atoms with Crippen LogP contribution in [0.5, 0.6) is 0 Å². The monoisotopic (exact) mass is 451 g/mol. The third-order valence-electron chi connectivity index (χ3n) is 4.21. The van der Waals surface area contributed by atoms with Gasteiger partial charge in [0.1, 0.15) is 0 Å². The van der Waals surface area contributed by atoms with Gasteiger partial charge in [-0.2, -0.15) is 0 Å². The summed E-state index contributed by atoms with van der Waals surface area (Å²) in [5.74, 6) is -0.0571. The summed E-state index contributed by atoms with van der Waals surface area (Å²) in [7, 11) is 0. The first-order valence-corrected chi connectivity index (χ1v) is 15.8. The molecular formula is C20H23Cl2SiZr. The fraction of sp³-hybridized carbons (Fsp3) is 0.300. The first-order valence-electron chi connectivity index (χ1n) is 8.16. The van der Waals surface area contributed by atoms with Crippen molar-refractivity contribution in [3.63, 3.8) is 0 Å². The number of benzene rings is 2. The van der Waals surface area contributed by atoms with Crippen molar-refractivity contribution in [1.29, 1.82) is 0 Å². The zero-order chi connectivity index (χ0) is 15.5. The van der Waals surface area contributed by atoms with E-state index < -0.39 is 0 Å². The Kier molecular flexibility index (Phi) is 9.23. The second-order valence-corrected chi connectivity index (χ2v) is 19.4. The van der Waals surface area contributed by atoms with E-state index in [0.717, 1.165) is 3.63 Å². The SMILES string of the molecule is CCCC1=Cc2c(-c3ccccc3)cccc2[CH]1[Zr+2][Si](C)C.[Cl-].[Cl-]. The van der Waals surface area contributed by atoms with Gasteiger partial charge in [0.05, 0.1) is 0 Å². The van der Waals surface area contributed by atoms with Gasteiger partial charge in [-0.15, -0.1) is 0 Å². The summed E-state index contributed by atoms with van der Waals surface area (Å²) in [6.07, 6.45) is 5.09. The third-order valence-corrected chi connectivity index (χ3v) is 13.1.